The van der Waals surface area contributed by atoms with Crippen molar-refractivity contribution in [2.24, 2.45) is 0 Å². The quantitative estimate of drug-likeness (QED) is 0.878. The van der Waals surface area contributed by atoms with Crippen LogP contribution in [0.3, 0.4) is 0 Å². The van der Waals surface area contributed by atoms with E-state index in [4.69, 9.17) is 5.11 Å². The molecule has 0 amide bonds. The largest absolute Gasteiger partial charge is 0.478 e. The van der Waals surface area contributed by atoms with Gasteiger partial charge in [0, 0.05) is 4.90 Å². The fraction of sp³-hybridized carbons (Fsp3) is 0.222. The standard InChI is InChI=1S/C9H7F3O3S/c1-5-2-3-6(4-7(5)8(13)14)16(15)9(10,11)12/h2-4H,1H3,(H,13,14). The minimum Gasteiger partial charge on any atom is -0.478 e. The van der Waals surface area contributed by atoms with E-state index in [1.54, 1.807) is 0 Å². The Bertz CT molecular complexity index is 454. The van der Waals surface area contributed by atoms with Crippen LogP contribution in [0, 0.1) is 6.92 Å². The van der Waals surface area contributed by atoms with Gasteiger partial charge in [-0.25, -0.2) is 9.00 Å². The molecule has 7 heteroatoms. The number of rotatable bonds is 2. The average Bonchev–Trinajstić information content (AvgIpc) is 2.15. The molecule has 0 fully saturated rings. The van der Waals surface area contributed by atoms with E-state index in [1.807, 2.05) is 0 Å². The number of alkyl halides is 3. The normalized spacial score (nSPS) is 13.5. The van der Waals surface area contributed by atoms with Crippen LogP contribution in [0.15, 0.2) is 23.1 Å². The van der Waals surface area contributed by atoms with Gasteiger partial charge in [-0.3, -0.25) is 0 Å². The molecule has 0 heterocycles. The third-order valence-electron chi connectivity index (χ3n) is 1.86. The van der Waals surface area contributed by atoms with E-state index in [-0.39, 0.29) is 5.56 Å². The SMILES string of the molecule is Cc1ccc(S(=O)C(F)(F)F)cc1C(=O)O. The summed E-state index contributed by atoms with van der Waals surface area (Å²) in [5.41, 5.74) is -4.85. The van der Waals surface area contributed by atoms with Crippen molar-refractivity contribution < 1.29 is 27.3 Å². The molecule has 0 aliphatic heterocycles. The summed E-state index contributed by atoms with van der Waals surface area (Å²) in [5, 5.41) is 8.69. The zero-order chi connectivity index (χ0) is 12.5. The fourth-order valence-corrected chi connectivity index (χ4v) is 1.76. The van der Waals surface area contributed by atoms with Crippen LogP contribution < -0.4 is 0 Å². The highest BCUT2D eigenvalue weighted by Gasteiger charge is 2.38. The first-order valence-electron chi connectivity index (χ1n) is 4.06. The number of benzene rings is 1. The Morgan fingerprint density at radius 1 is 1.38 bits per heavy atom. The molecule has 0 aliphatic carbocycles. The third kappa shape index (κ3) is 2.60. The lowest BCUT2D eigenvalue weighted by molar-refractivity contribution is -0.0384. The number of carboxylic acid groups (broad SMARTS) is 1. The Morgan fingerprint density at radius 2 is 1.94 bits per heavy atom. The highest BCUT2D eigenvalue weighted by Crippen LogP contribution is 2.27. The maximum Gasteiger partial charge on any atom is 0.475 e. The van der Waals surface area contributed by atoms with Gasteiger partial charge >= 0.3 is 11.5 Å². The minimum atomic E-state index is -4.88. The second-order valence-electron chi connectivity index (χ2n) is 3.00. The molecule has 1 rings (SSSR count). The van der Waals surface area contributed by atoms with E-state index in [2.05, 4.69) is 0 Å². The summed E-state index contributed by atoms with van der Waals surface area (Å²) in [5.74, 6) is -1.35. The molecule has 0 spiro atoms. The van der Waals surface area contributed by atoms with E-state index in [1.165, 1.54) is 13.0 Å². The smallest absolute Gasteiger partial charge is 0.475 e. The third-order valence-corrected chi connectivity index (χ3v) is 2.97. The van der Waals surface area contributed by atoms with Crippen molar-refractivity contribution in [3.63, 3.8) is 0 Å². The van der Waals surface area contributed by atoms with Crippen LogP contribution in [0.1, 0.15) is 15.9 Å². The Kier molecular flexibility index (Phi) is 3.37. The summed E-state index contributed by atoms with van der Waals surface area (Å²) < 4.78 is 47.3. The number of hydrogen-bond donors (Lipinski definition) is 1. The Morgan fingerprint density at radius 3 is 2.38 bits per heavy atom. The second kappa shape index (κ2) is 4.25. The number of aromatic carboxylic acids is 1. The van der Waals surface area contributed by atoms with Gasteiger partial charge in [-0.1, -0.05) is 6.07 Å². The minimum absolute atomic E-state index is 0.282. The van der Waals surface area contributed by atoms with Gasteiger partial charge in [-0.15, -0.1) is 0 Å². The summed E-state index contributed by atoms with van der Waals surface area (Å²) in [4.78, 5) is 10.1. The number of hydrogen-bond acceptors (Lipinski definition) is 2. The highest BCUT2D eigenvalue weighted by atomic mass is 32.2. The number of aryl methyl sites for hydroxylation is 1. The monoisotopic (exact) mass is 252 g/mol. The van der Waals surface area contributed by atoms with Gasteiger partial charge in [-0.05, 0) is 24.6 Å². The molecule has 1 unspecified atom stereocenters. The molecule has 16 heavy (non-hydrogen) atoms. The summed E-state index contributed by atoms with van der Waals surface area (Å²) in [6, 6.07) is 2.98. The maximum atomic E-state index is 12.1. The van der Waals surface area contributed by atoms with E-state index in [0.717, 1.165) is 12.1 Å². The number of carbonyl (C=O) groups is 1. The lowest BCUT2D eigenvalue weighted by atomic mass is 10.1. The maximum absolute atomic E-state index is 12.1. The molecule has 1 aromatic carbocycles. The number of halogens is 3. The predicted molar refractivity (Wildman–Crippen MR) is 50.6 cm³/mol. The van der Waals surface area contributed by atoms with Crippen LogP contribution in [0.25, 0.3) is 0 Å². The van der Waals surface area contributed by atoms with Gasteiger partial charge in [0.25, 0.3) is 0 Å². The first kappa shape index (κ1) is 12.7. The van der Waals surface area contributed by atoms with Gasteiger partial charge in [0.1, 0.15) is 0 Å². The lowest BCUT2D eigenvalue weighted by Crippen LogP contribution is -2.16. The lowest BCUT2D eigenvalue weighted by Gasteiger charge is -2.08. The van der Waals surface area contributed by atoms with Crippen molar-refractivity contribution in [3.05, 3.63) is 29.3 Å². The van der Waals surface area contributed by atoms with Crippen molar-refractivity contribution >= 4 is 16.8 Å². The van der Waals surface area contributed by atoms with Crippen LogP contribution in [0.4, 0.5) is 13.2 Å². The summed E-state index contributed by atoms with van der Waals surface area (Å²) in [6.45, 7) is 1.45. The molecule has 3 nitrogen and oxygen atoms in total. The molecule has 88 valence electrons. The van der Waals surface area contributed by atoms with Crippen LogP contribution >= 0.6 is 0 Å². The van der Waals surface area contributed by atoms with Gasteiger partial charge in [0.15, 0.2) is 10.8 Å². The summed E-state index contributed by atoms with van der Waals surface area (Å²) in [7, 11) is -3.20. The van der Waals surface area contributed by atoms with Gasteiger partial charge in [-0.2, -0.15) is 13.2 Å². The molecule has 0 bridgehead atoms. The molecule has 0 aliphatic rings. The predicted octanol–water partition coefficient (Wildman–Crippen LogP) is 2.32. The molecular weight excluding hydrogens is 245 g/mol. The van der Waals surface area contributed by atoms with E-state index in [9.17, 15) is 22.2 Å². The molecule has 0 saturated carbocycles. The van der Waals surface area contributed by atoms with E-state index >= 15 is 0 Å². The van der Waals surface area contributed by atoms with E-state index < -0.39 is 27.2 Å². The molecular formula is C9H7F3O3S. The zero-order valence-corrected chi connectivity index (χ0v) is 8.85. The Hall–Kier alpha value is -1.37. The second-order valence-corrected chi connectivity index (χ2v) is 4.47. The first-order valence-corrected chi connectivity index (χ1v) is 5.21. The Labute approximate surface area is 91.4 Å². The summed E-state index contributed by atoms with van der Waals surface area (Å²) in [6.07, 6.45) is 0. The van der Waals surface area contributed by atoms with Crippen molar-refractivity contribution in [1.82, 2.24) is 0 Å². The van der Waals surface area contributed by atoms with Crippen LogP contribution in [0.5, 0.6) is 0 Å². The van der Waals surface area contributed by atoms with Crippen molar-refractivity contribution in [1.29, 1.82) is 0 Å². The van der Waals surface area contributed by atoms with Gasteiger partial charge in [0.2, 0.25) is 0 Å². The number of carboxylic acids is 1. The molecule has 1 N–H and O–H groups in total. The van der Waals surface area contributed by atoms with Crippen molar-refractivity contribution in [2.75, 3.05) is 0 Å². The van der Waals surface area contributed by atoms with Crippen molar-refractivity contribution in [3.8, 4) is 0 Å². The van der Waals surface area contributed by atoms with Gasteiger partial charge in [0.05, 0.1) is 5.56 Å². The van der Waals surface area contributed by atoms with Gasteiger partial charge < -0.3 is 5.11 Å². The van der Waals surface area contributed by atoms with Crippen LogP contribution in [-0.4, -0.2) is 20.8 Å². The molecule has 1 aromatic rings. The molecule has 0 aromatic heterocycles. The highest BCUT2D eigenvalue weighted by molar-refractivity contribution is 7.86. The Balaban J connectivity index is 3.24. The molecule has 1 atom stereocenters. The fourth-order valence-electron chi connectivity index (χ4n) is 1.08. The average molecular weight is 252 g/mol. The topological polar surface area (TPSA) is 54.4 Å². The van der Waals surface area contributed by atoms with Crippen LogP contribution in [-0.2, 0) is 10.8 Å². The zero-order valence-electron chi connectivity index (χ0n) is 8.04. The van der Waals surface area contributed by atoms with Crippen molar-refractivity contribution in [2.45, 2.75) is 17.3 Å². The molecule has 0 saturated heterocycles. The molecule has 0 radical (unpaired) electrons. The summed E-state index contributed by atoms with van der Waals surface area (Å²) >= 11 is 0. The van der Waals surface area contributed by atoms with Crippen LogP contribution in [0.2, 0.25) is 0 Å². The van der Waals surface area contributed by atoms with E-state index in [0.29, 0.717) is 5.56 Å². The first-order chi connectivity index (χ1) is 7.23.